The van der Waals surface area contributed by atoms with Gasteiger partial charge in [-0.15, -0.1) is 0 Å². The lowest BCUT2D eigenvalue weighted by Gasteiger charge is -2.25. The van der Waals surface area contributed by atoms with Gasteiger partial charge in [-0.25, -0.2) is 9.97 Å². The van der Waals surface area contributed by atoms with Crippen molar-refractivity contribution >= 4 is 5.95 Å². The SMILES string of the molecule is COC1(CNc2nccc(C)n2)CCOC1. The van der Waals surface area contributed by atoms with E-state index in [2.05, 4.69) is 15.3 Å². The quantitative estimate of drug-likeness (QED) is 0.825. The second kappa shape index (κ2) is 4.76. The second-order valence-corrected chi connectivity index (χ2v) is 4.06. The van der Waals surface area contributed by atoms with Crippen molar-refractivity contribution in [1.82, 2.24) is 9.97 Å². The van der Waals surface area contributed by atoms with Crippen LogP contribution in [0.5, 0.6) is 0 Å². The summed E-state index contributed by atoms with van der Waals surface area (Å²) in [6, 6.07) is 1.87. The summed E-state index contributed by atoms with van der Waals surface area (Å²) in [7, 11) is 1.72. The highest BCUT2D eigenvalue weighted by atomic mass is 16.5. The minimum Gasteiger partial charge on any atom is -0.378 e. The summed E-state index contributed by atoms with van der Waals surface area (Å²) in [5, 5.41) is 3.19. The molecular formula is C11H17N3O2. The van der Waals surface area contributed by atoms with Gasteiger partial charge in [0, 0.05) is 38.6 Å². The lowest BCUT2D eigenvalue weighted by atomic mass is 10.0. The molecule has 1 aliphatic rings. The number of nitrogens with zero attached hydrogens (tertiary/aromatic N) is 2. The summed E-state index contributed by atoms with van der Waals surface area (Å²) >= 11 is 0. The Balaban J connectivity index is 1.95. The Kier molecular flexibility index (Phi) is 3.36. The molecule has 88 valence electrons. The molecule has 1 saturated heterocycles. The Labute approximate surface area is 95.2 Å². The fourth-order valence-corrected chi connectivity index (χ4v) is 1.74. The van der Waals surface area contributed by atoms with E-state index < -0.39 is 0 Å². The smallest absolute Gasteiger partial charge is 0.222 e. The number of aryl methyl sites for hydroxylation is 1. The molecule has 1 aliphatic heterocycles. The molecule has 1 unspecified atom stereocenters. The van der Waals surface area contributed by atoms with E-state index >= 15 is 0 Å². The highest BCUT2D eigenvalue weighted by Gasteiger charge is 2.34. The van der Waals surface area contributed by atoms with E-state index in [9.17, 15) is 0 Å². The zero-order valence-corrected chi connectivity index (χ0v) is 9.69. The van der Waals surface area contributed by atoms with Gasteiger partial charge in [0.15, 0.2) is 0 Å². The van der Waals surface area contributed by atoms with E-state index in [1.165, 1.54) is 0 Å². The average molecular weight is 223 g/mol. The van der Waals surface area contributed by atoms with Crippen LogP contribution in [0, 0.1) is 6.92 Å². The summed E-state index contributed by atoms with van der Waals surface area (Å²) < 4.78 is 10.9. The molecule has 1 aromatic rings. The van der Waals surface area contributed by atoms with Gasteiger partial charge < -0.3 is 14.8 Å². The first-order valence-corrected chi connectivity index (χ1v) is 5.40. The van der Waals surface area contributed by atoms with Crippen molar-refractivity contribution in [3.05, 3.63) is 18.0 Å². The van der Waals surface area contributed by atoms with Crippen LogP contribution in [0.4, 0.5) is 5.95 Å². The van der Waals surface area contributed by atoms with E-state index in [0.29, 0.717) is 19.1 Å². The molecule has 0 spiro atoms. The van der Waals surface area contributed by atoms with Gasteiger partial charge >= 0.3 is 0 Å². The molecule has 1 fully saturated rings. The maximum atomic E-state index is 5.51. The average Bonchev–Trinajstić information content (AvgIpc) is 2.76. The van der Waals surface area contributed by atoms with Crippen LogP contribution in [-0.4, -0.2) is 42.4 Å². The summed E-state index contributed by atoms with van der Waals surface area (Å²) in [5.41, 5.74) is 0.722. The molecule has 1 atom stereocenters. The maximum absolute atomic E-state index is 5.51. The number of anilines is 1. The number of ether oxygens (including phenoxy) is 2. The van der Waals surface area contributed by atoms with Crippen molar-refractivity contribution in [1.29, 1.82) is 0 Å². The van der Waals surface area contributed by atoms with Crippen molar-refractivity contribution in [2.75, 3.05) is 32.2 Å². The van der Waals surface area contributed by atoms with Crippen molar-refractivity contribution in [3.63, 3.8) is 0 Å². The summed E-state index contributed by atoms with van der Waals surface area (Å²) in [5.74, 6) is 0.642. The van der Waals surface area contributed by atoms with Gasteiger partial charge in [0.05, 0.1) is 6.61 Å². The predicted octanol–water partition coefficient (Wildman–Crippen LogP) is 1.00. The molecule has 0 radical (unpaired) electrons. The molecule has 16 heavy (non-hydrogen) atoms. The first-order valence-electron chi connectivity index (χ1n) is 5.40. The fourth-order valence-electron chi connectivity index (χ4n) is 1.74. The van der Waals surface area contributed by atoms with Crippen LogP contribution in [0.1, 0.15) is 12.1 Å². The predicted molar refractivity (Wildman–Crippen MR) is 60.4 cm³/mol. The lowest BCUT2D eigenvalue weighted by Crippen LogP contribution is -2.39. The van der Waals surface area contributed by atoms with Crippen molar-refractivity contribution in [2.24, 2.45) is 0 Å². The zero-order chi connectivity index (χ0) is 11.4. The van der Waals surface area contributed by atoms with Gasteiger partial charge in [0.25, 0.3) is 0 Å². The van der Waals surface area contributed by atoms with E-state index in [-0.39, 0.29) is 5.60 Å². The van der Waals surface area contributed by atoms with Crippen molar-refractivity contribution in [2.45, 2.75) is 18.9 Å². The molecule has 5 nitrogen and oxygen atoms in total. The molecule has 1 N–H and O–H groups in total. The van der Waals surface area contributed by atoms with E-state index in [4.69, 9.17) is 9.47 Å². The third-order valence-corrected chi connectivity index (χ3v) is 2.86. The minimum absolute atomic E-state index is 0.229. The Morgan fingerprint density at radius 1 is 1.62 bits per heavy atom. The molecular weight excluding hydrogens is 206 g/mol. The van der Waals surface area contributed by atoms with E-state index in [1.807, 2.05) is 13.0 Å². The highest BCUT2D eigenvalue weighted by Crippen LogP contribution is 2.22. The van der Waals surface area contributed by atoms with Gasteiger partial charge in [-0.2, -0.15) is 0 Å². The summed E-state index contributed by atoms with van der Waals surface area (Å²) in [4.78, 5) is 8.43. The lowest BCUT2D eigenvalue weighted by molar-refractivity contribution is -0.00631. The molecule has 2 rings (SSSR count). The second-order valence-electron chi connectivity index (χ2n) is 4.06. The maximum Gasteiger partial charge on any atom is 0.222 e. The van der Waals surface area contributed by atoms with Crippen molar-refractivity contribution in [3.8, 4) is 0 Å². The Morgan fingerprint density at radius 2 is 2.50 bits per heavy atom. The van der Waals surface area contributed by atoms with E-state index in [1.54, 1.807) is 13.3 Å². The van der Waals surface area contributed by atoms with Crippen LogP contribution in [-0.2, 0) is 9.47 Å². The summed E-state index contributed by atoms with van der Waals surface area (Å²) in [6.07, 6.45) is 2.65. The topological polar surface area (TPSA) is 56.3 Å². The molecule has 5 heteroatoms. The standard InChI is InChI=1S/C11H17N3O2/c1-9-3-5-12-10(14-9)13-7-11(15-2)4-6-16-8-11/h3,5H,4,6-8H2,1-2H3,(H,12,13,14). The van der Waals surface area contributed by atoms with Gasteiger partial charge in [-0.3, -0.25) is 0 Å². The largest absolute Gasteiger partial charge is 0.378 e. The molecule has 2 heterocycles. The van der Waals surface area contributed by atoms with Gasteiger partial charge in [-0.05, 0) is 13.0 Å². The number of hydrogen-bond acceptors (Lipinski definition) is 5. The molecule has 1 aromatic heterocycles. The number of methoxy groups -OCH3 is 1. The molecule has 0 aliphatic carbocycles. The Morgan fingerprint density at radius 3 is 3.12 bits per heavy atom. The molecule has 0 bridgehead atoms. The Hall–Kier alpha value is -1.20. The number of rotatable bonds is 4. The van der Waals surface area contributed by atoms with Gasteiger partial charge in [-0.1, -0.05) is 0 Å². The van der Waals surface area contributed by atoms with Crippen LogP contribution < -0.4 is 5.32 Å². The normalized spacial score (nSPS) is 24.6. The fraction of sp³-hybridized carbons (Fsp3) is 0.636. The number of hydrogen-bond donors (Lipinski definition) is 1. The van der Waals surface area contributed by atoms with E-state index in [0.717, 1.165) is 18.7 Å². The molecule has 0 amide bonds. The van der Waals surface area contributed by atoms with Crippen LogP contribution in [0.2, 0.25) is 0 Å². The Bertz CT molecular complexity index is 351. The van der Waals surface area contributed by atoms with Crippen LogP contribution in [0.3, 0.4) is 0 Å². The number of aromatic nitrogens is 2. The summed E-state index contributed by atoms with van der Waals surface area (Å²) in [6.45, 7) is 4.00. The van der Waals surface area contributed by atoms with Crippen LogP contribution >= 0.6 is 0 Å². The zero-order valence-electron chi connectivity index (χ0n) is 9.69. The highest BCUT2D eigenvalue weighted by molar-refractivity contribution is 5.25. The first-order chi connectivity index (χ1) is 7.74. The van der Waals surface area contributed by atoms with Crippen molar-refractivity contribution < 1.29 is 9.47 Å². The molecule has 0 aromatic carbocycles. The first kappa shape index (κ1) is 11.3. The van der Waals surface area contributed by atoms with Gasteiger partial charge in [0.2, 0.25) is 5.95 Å². The van der Waals surface area contributed by atoms with Crippen LogP contribution in [0.25, 0.3) is 0 Å². The monoisotopic (exact) mass is 223 g/mol. The van der Waals surface area contributed by atoms with Crippen LogP contribution in [0.15, 0.2) is 12.3 Å². The third-order valence-electron chi connectivity index (χ3n) is 2.86. The third kappa shape index (κ3) is 2.48. The molecule has 0 saturated carbocycles. The minimum atomic E-state index is -0.229. The van der Waals surface area contributed by atoms with Gasteiger partial charge in [0.1, 0.15) is 5.60 Å². The number of nitrogens with one attached hydrogen (secondary N) is 1.